The first-order valence-electron chi connectivity index (χ1n) is 5.05. The van der Waals surface area contributed by atoms with Crippen LogP contribution >= 0.6 is 0 Å². The molecule has 0 saturated carbocycles. The van der Waals surface area contributed by atoms with Crippen molar-refractivity contribution in [3.63, 3.8) is 0 Å². The number of hydrogen-bond donors (Lipinski definition) is 0. The van der Waals surface area contributed by atoms with Crippen LogP contribution in [0.5, 0.6) is 0 Å². The number of aryl methyl sites for hydroxylation is 3. The molecule has 0 aliphatic rings. The zero-order valence-corrected chi connectivity index (χ0v) is 9.20. The molecule has 1 aromatic carbocycles. The topological polar surface area (TPSA) is 41.6 Å². The van der Waals surface area contributed by atoms with Crippen LogP contribution in [-0.4, -0.2) is 9.55 Å². The van der Waals surface area contributed by atoms with Crippen molar-refractivity contribution in [2.24, 2.45) is 0 Å². The van der Waals surface area contributed by atoms with Gasteiger partial charge >= 0.3 is 0 Å². The summed E-state index contributed by atoms with van der Waals surface area (Å²) in [4.78, 5) is 4.47. The molecule has 0 aliphatic carbocycles. The number of fused-ring (bicyclic) bond motifs is 1. The van der Waals surface area contributed by atoms with Gasteiger partial charge in [-0.2, -0.15) is 5.26 Å². The number of nitrogens with zero attached hydrogens (tertiary/aromatic N) is 3. The molecule has 0 fully saturated rings. The smallest absolute Gasteiger partial charge is 0.106 e. The summed E-state index contributed by atoms with van der Waals surface area (Å²) in [5.41, 5.74) is 3.76. The van der Waals surface area contributed by atoms with Gasteiger partial charge in [-0.3, -0.25) is 0 Å². The number of aromatic nitrogens is 2. The summed E-state index contributed by atoms with van der Waals surface area (Å²) in [6, 6.07) is 6.11. The predicted molar refractivity (Wildman–Crippen MR) is 59.6 cm³/mol. The van der Waals surface area contributed by atoms with E-state index in [0.717, 1.165) is 34.5 Å². The third-order valence-corrected chi connectivity index (χ3v) is 2.72. The van der Waals surface area contributed by atoms with Gasteiger partial charge in [-0.1, -0.05) is 0 Å². The van der Waals surface area contributed by atoms with E-state index in [2.05, 4.69) is 22.5 Å². The highest BCUT2D eigenvalue weighted by Gasteiger charge is 2.08. The first kappa shape index (κ1) is 9.72. The van der Waals surface area contributed by atoms with Gasteiger partial charge in [0, 0.05) is 6.54 Å². The van der Waals surface area contributed by atoms with Gasteiger partial charge in [0.1, 0.15) is 5.82 Å². The van der Waals surface area contributed by atoms with Crippen molar-refractivity contribution in [1.29, 1.82) is 5.26 Å². The molecule has 0 radical (unpaired) electrons. The average molecular weight is 199 g/mol. The molecule has 2 aromatic rings. The Balaban J connectivity index is 2.84. The van der Waals surface area contributed by atoms with Crippen molar-refractivity contribution in [1.82, 2.24) is 9.55 Å². The van der Waals surface area contributed by atoms with Crippen LogP contribution in [0, 0.1) is 25.2 Å². The molecule has 3 nitrogen and oxygen atoms in total. The van der Waals surface area contributed by atoms with Gasteiger partial charge in [-0.25, -0.2) is 4.98 Å². The predicted octanol–water partition coefficient (Wildman–Crippen LogP) is 2.54. The Morgan fingerprint density at radius 3 is 2.73 bits per heavy atom. The highest BCUT2D eigenvalue weighted by molar-refractivity contribution is 5.79. The Morgan fingerprint density at radius 2 is 2.13 bits per heavy atom. The lowest BCUT2D eigenvalue weighted by Crippen LogP contribution is -1.96. The van der Waals surface area contributed by atoms with Gasteiger partial charge in [-0.15, -0.1) is 0 Å². The molecule has 2 rings (SSSR count). The third-order valence-electron chi connectivity index (χ3n) is 2.72. The summed E-state index contributed by atoms with van der Waals surface area (Å²) in [6.07, 6.45) is 0. The Bertz CT molecular complexity index is 558. The zero-order valence-electron chi connectivity index (χ0n) is 9.20. The van der Waals surface area contributed by atoms with E-state index in [1.165, 1.54) is 0 Å². The van der Waals surface area contributed by atoms with E-state index in [4.69, 9.17) is 5.26 Å². The second-order valence-corrected chi connectivity index (χ2v) is 3.67. The van der Waals surface area contributed by atoms with Crippen LogP contribution in [0.25, 0.3) is 11.0 Å². The second kappa shape index (κ2) is 3.39. The molecule has 0 spiro atoms. The van der Waals surface area contributed by atoms with Gasteiger partial charge in [-0.05, 0) is 38.5 Å². The minimum atomic E-state index is 0.733. The lowest BCUT2D eigenvalue weighted by molar-refractivity contribution is 0.753. The van der Waals surface area contributed by atoms with Gasteiger partial charge in [0.25, 0.3) is 0 Å². The highest BCUT2D eigenvalue weighted by Crippen LogP contribution is 2.20. The third kappa shape index (κ3) is 1.39. The molecule has 1 heterocycles. The quantitative estimate of drug-likeness (QED) is 0.708. The van der Waals surface area contributed by atoms with Crippen molar-refractivity contribution in [3.8, 4) is 6.07 Å². The highest BCUT2D eigenvalue weighted by atomic mass is 15.1. The molecular formula is C12H13N3. The molecule has 0 amide bonds. The summed E-state index contributed by atoms with van der Waals surface area (Å²) in [6.45, 7) is 6.90. The minimum Gasteiger partial charge on any atom is -0.328 e. The Labute approximate surface area is 89.0 Å². The van der Waals surface area contributed by atoms with Gasteiger partial charge < -0.3 is 4.57 Å². The van der Waals surface area contributed by atoms with Crippen LogP contribution in [0.2, 0.25) is 0 Å². The van der Waals surface area contributed by atoms with Crippen LogP contribution in [0.15, 0.2) is 12.1 Å². The first-order valence-corrected chi connectivity index (χ1v) is 5.05. The molecule has 0 aliphatic heterocycles. The molecule has 15 heavy (non-hydrogen) atoms. The normalized spacial score (nSPS) is 10.5. The maximum Gasteiger partial charge on any atom is 0.106 e. The van der Waals surface area contributed by atoms with E-state index in [1.54, 1.807) is 0 Å². The largest absolute Gasteiger partial charge is 0.328 e. The van der Waals surface area contributed by atoms with Crippen LogP contribution in [0.3, 0.4) is 0 Å². The fourth-order valence-electron chi connectivity index (χ4n) is 1.92. The van der Waals surface area contributed by atoms with Gasteiger partial charge in [0.2, 0.25) is 0 Å². The number of benzene rings is 1. The number of hydrogen-bond acceptors (Lipinski definition) is 2. The molecule has 1 aromatic heterocycles. The maximum atomic E-state index is 8.97. The molecule has 0 N–H and O–H groups in total. The van der Waals surface area contributed by atoms with E-state index >= 15 is 0 Å². The summed E-state index contributed by atoms with van der Waals surface area (Å²) in [5, 5.41) is 8.97. The minimum absolute atomic E-state index is 0.733. The van der Waals surface area contributed by atoms with Crippen molar-refractivity contribution in [2.75, 3.05) is 0 Å². The Kier molecular flexibility index (Phi) is 2.20. The Hall–Kier alpha value is -1.82. The van der Waals surface area contributed by atoms with Gasteiger partial charge in [0.05, 0.1) is 22.7 Å². The SMILES string of the molecule is CCn1c(C)nc2cc(C)c(C#N)cc21. The van der Waals surface area contributed by atoms with Crippen molar-refractivity contribution >= 4 is 11.0 Å². The van der Waals surface area contributed by atoms with E-state index in [-0.39, 0.29) is 0 Å². The number of rotatable bonds is 1. The second-order valence-electron chi connectivity index (χ2n) is 3.67. The maximum absolute atomic E-state index is 8.97. The fourth-order valence-corrected chi connectivity index (χ4v) is 1.92. The summed E-state index contributed by atoms with van der Waals surface area (Å²) >= 11 is 0. The molecule has 0 unspecified atom stereocenters. The molecular weight excluding hydrogens is 186 g/mol. The number of nitriles is 1. The lowest BCUT2D eigenvalue weighted by atomic mass is 10.1. The monoisotopic (exact) mass is 199 g/mol. The first-order chi connectivity index (χ1) is 7.17. The van der Waals surface area contributed by atoms with E-state index in [9.17, 15) is 0 Å². The Morgan fingerprint density at radius 1 is 1.40 bits per heavy atom. The van der Waals surface area contributed by atoms with Gasteiger partial charge in [0.15, 0.2) is 0 Å². The van der Waals surface area contributed by atoms with E-state index in [0.29, 0.717) is 0 Å². The summed E-state index contributed by atoms with van der Waals surface area (Å²) < 4.78 is 2.12. The molecule has 0 atom stereocenters. The van der Waals surface area contributed by atoms with Crippen LogP contribution in [-0.2, 0) is 6.54 Å². The average Bonchev–Trinajstić information content (AvgIpc) is 2.51. The standard InChI is InChI=1S/C12H13N3/c1-4-15-9(3)14-11-5-8(2)10(7-13)6-12(11)15/h5-6H,4H2,1-3H3. The molecule has 76 valence electrons. The lowest BCUT2D eigenvalue weighted by Gasteiger charge is -2.02. The molecule has 3 heteroatoms. The fraction of sp³-hybridized carbons (Fsp3) is 0.333. The molecule has 0 bridgehead atoms. The molecule has 0 saturated heterocycles. The zero-order chi connectivity index (χ0) is 11.0. The van der Waals surface area contributed by atoms with E-state index < -0.39 is 0 Å². The van der Waals surface area contributed by atoms with Crippen molar-refractivity contribution < 1.29 is 0 Å². The summed E-state index contributed by atoms with van der Waals surface area (Å²) in [5.74, 6) is 1.00. The van der Waals surface area contributed by atoms with E-state index in [1.807, 2.05) is 26.0 Å². The van der Waals surface area contributed by atoms with Crippen molar-refractivity contribution in [2.45, 2.75) is 27.3 Å². The van der Waals surface area contributed by atoms with Crippen molar-refractivity contribution in [3.05, 3.63) is 29.1 Å². The van der Waals surface area contributed by atoms with Crippen LogP contribution < -0.4 is 0 Å². The number of imidazole rings is 1. The van der Waals surface area contributed by atoms with Crippen LogP contribution in [0.1, 0.15) is 23.9 Å². The van der Waals surface area contributed by atoms with Crippen LogP contribution in [0.4, 0.5) is 0 Å². The summed E-state index contributed by atoms with van der Waals surface area (Å²) in [7, 11) is 0.